The monoisotopic (exact) mass is 488 g/mol. The van der Waals surface area contributed by atoms with Gasteiger partial charge in [-0.15, -0.1) is 24.0 Å². The molecule has 0 amide bonds. The molecule has 1 aromatic rings. The number of ether oxygens (including phenoxy) is 1. The maximum absolute atomic E-state index is 5.91. The molecule has 1 unspecified atom stereocenters. The molecule has 27 heavy (non-hydrogen) atoms. The van der Waals surface area contributed by atoms with Crippen molar-refractivity contribution < 1.29 is 4.74 Å². The van der Waals surface area contributed by atoms with Crippen molar-refractivity contribution in [3.8, 4) is 5.75 Å². The van der Waals surface area contributed by atoms with Crippen LogP contribution in [0.4, 0.5) is 0 Å². The Balaban J connectivity index is 0.00000364. The summed E-state index contributed by atoms with van der Waals surface area (Å²) in [5, 5.41) is 6.97. The SMILES string of the molecule is CCNC(=NCC(C)Oc1ccccc1)NC1CCN(CC(C)C)CC1.I. The maximum atomic E-state index is 5.91. The van der Waals surface area contributed by atoms with Gasteiger partial charge in [0.15, 0.2) is 5.96 Å². The highest BCUT2D eigenvalue weighted by atomic mass is 127. The van der Waals surface area contributed by atoms with Crippen LogP contribution in [0.5, 0.6) is 5.75 Å². The van der Waals surface area contributed by atoms with Gasteiger partial charge < -0.3 is 20.3 Å². The number of piperidine rings is 1. The first-order chi connectivity index (χ1) is 12.6. The number of guanidine groups is 1. The molecule has 0 saturated carbocycles. The number of nitrogens with one attached hydrogen (secondary N) is 2. The Morgan fingerprint density at radius 3 is 2.44 bits per heavy atom. The average Bonchev–Trinajstić information content (AvgIpc) is 2.62. The fraction of sp³-hybridized carbons (Fsp3) is 0.667. The normalized spacial score (nSPS) is 17.3. The minimum absolute atomic E-state index is 0. The predicted octanol–water partition coefficient (Wildman–Crippen LogP) is 3.75. The van der Waals surface area contributed by atoms with Gasteiger partial charge in [-0.3, -0.25) is 0 Å². The molecule has 154 valence electrons. The first kappa shape index (κ1) is 24.0. The molecule has 0 aromatic heterocycles. The third-order valence-electron chi connectivity index (χ3n) is 4.48. The van der Waals surface area contributed by atoms with Crippen LogP contribution >= 0.6 is 24.0 Å². The van der Waals surface area contributed by atoms with Crippen molar-refractivity contribution in [1.82, 2.24) is 15.5 Å². The smallest absolute Gasteiger partial charge is 0.191 e. The second kappa shape index (κ2) is 13.2. The summed E-state index contributed by atoms with van der Waals surface area (Å²) in [6.07, 6.45) is 2.39. The molecule has 1 atom stereocenters. The highest BCUT2D eigenvalue weighted by Gasteiger charge is 2.20. The number of nitrogens with zero attached hydrogens (tertiary/aromatic N) is 2. The van der Waals surface area contributed by atoms with Crippen molar-refractivity contribution in [2.75, 3.05) is 32.7 Å². The lowest BCUT2D eigenvalue weighted by molar-refractivity contribution is 0.186. The number of benzene rings is 1. The highest BCUT2D eigenvalue weighted by molar-refractivity contribution is 14.0. The van der Waals surface area contributed by atoms with Gasteiger partial charge in [0, 0.05) is 32.2 Å². The molecule has 1 fully saturated rings. The van der Waals surface area contributed by atoms with Gasteiger partial charge >= 0.3 is 0 Å². The number of likely N-dealkylation sites (tertiary alicyclic amines) is 1. The predicted molar refractivity (Wildman–Crippen MR) is 125 cm³/mol. The maximum Gasteiger partial charge on any atom is 0.191 e. The minimum Gasteiger partial charge on any atom is -0.489 e. The molecule has 5 nitrogen and oxygen atoms in total. The first-order valence-corrected chi connectivity index (χ1v) is 10.1. The van der Waals surface area contributed by atoms with Gasteiger partial charge in [-0.1, -0.05) is 32.0 Å². The van der Waals surface area contributed by atoms with Crippen molar-refractivity contribution in [3.05, 3.63) is 30.3 Å². The van der Waals surface area contributed by atoms with E-state index in [0.717, 1.165) is 24.2 Å². The Morgan fingerprint density at radius 2 is 1.85 bits per heavy atom. The van der Waals surface area contributed by atoms with Crippen molar-refractivity contribution in [1.29, 1.82) is 0 Å². The first-order valence-electron chi connectivity index (χ1n) is 10.1. The molecule has 1 aliphatic heterocycles. The van der Waals surface area contributed by atoms with Crippen molar-refractivity contribution in [2.45, 2.75) is 52.7 Å². The second-order valence-corrected chi connectivity index (χ2v) is 7.57. The van der Waals surface area contributed by atoms with Gasteiger partial charge in [0.1, 0.15) is 11.9 Å². The van der Waals surface area contributed by atoms with E-state index >= 15 is 0 Å². The lowest BCUT2D eigenvalue weighted by Crippen LogP contribution is -2.49. The van der Waals surface area contributed by atoms with Gasteiger partial charge in [0.2, 0.25) is 0 Å². The van der Waals surface area contributed by atoms with E-state index in [-0.39, 0.29) is 30.1 Å². The fourth-order valence-corrected chi connectivity index (χ4v) is 3.28. The number of rotatable bonds is 8. The van der Waals surface area contributed by atoms with Crippen molar-refractivity contribution in [3.63, 3.8) is 0 Å². The van der Waals surface area contributed by atoms with Gasteiger partial charge in [-0.2, -0.15) is 0 Å². The number of hydrogen-bond donors (Lipinski definition) is 2. The largest absolute Gasteiger partial charge is 0.489 e. The Bertz CT molecular complexity index is 530. The molecule has 6 heteroatoms. The molecule has 1 aromatic carbocycles. The number of hydrogen-bond acceptors (Lipinski definition) is 3. The number of aliphatic imine (C=N–C) groups is 1. The van der Waals surface area contributed by atoms with Gasteiger partial charge in [-0.25, -0.2) is 4.99 Å². The molecule has 2 N–H and O–H groups in total. The van der Waals surface area contributed by atoms with E-state index in [2.05, 4.69) is 43.2 Å². The molecule has 1 aliphatic rings. The van der Waals surface area contributed by atoms with Crippen LogP contribution in [0.3, 0.4) is 0 Å². The third-order valence-corrected chi connectivity index (χ3v) is 4.48. The summed E-state index contributed by atoms with van der Waals surface area (Å²) in [6.45, 7) is 13.8. The molecule has 0 spiro atoms. The molecule has 2 rings (SSSR count). The standard InChI is InChI=1S/C21H36N4O.HI/c1-5-22-21(23-15-18(4)26-20-9-7-6-8-10-20)24-19-11-13-25(14-12-19)16-17(2)3;/h6-10,17-19H,5,11-16H2,1-4H3,(H2,22,23,24);1H. The van der Waals surface area contributed by atoms with Crippen LogP contribution in [0.15, 0.2) is 35.3 Å². The van der Waals surface area contributed by atoms with Crippen molar-refractivity contribution >= 4 is 29.9 Å². The topological polar surface area (TPSA) is 48.9 Å². The Labute approximate surface area is 182 Å². The zero-order valence-electron chi connectivity index (χ0n) is 17.3. The quantitative estimate of drug-likeness (QED) is 0.333. The lowest BCUT2D eigenvalue weighted by Gasteiger charge is -2.34. The van der Waals surface area contributed by atoms with Crippen LogP contribution in [-0.4, -0.2) is 55.7 Å². The zero-order chi connectivity index (χ0) is 18.8. The van der Waals surface area contributed by atoms with Crippen LogP contribution in [0.2, 0.25) is 0 Å². The molecular weight excluding hydrogens is 451 g/mol. The van der Waals surface area contributed by atoms with E-state index in [9.17, 15) is 0 Å². The summed E-state index contributed by atoms with van der Waals surface area (Å²) in [6, 6.07) is 10.4. The number of halogens is 1. The Morgan fingerprint density at radius 1 is 1.19 bits per heavy atom. The summed E-state index contributed by atoms with van der Waals surface area (Å²) in [5.41, 5.74) is 0. The summed E-state index contributed by atoms with van der Waals surface area (Å²) in [5.74, 6) is 2.54. The van der Waals surface area contributed by atoms with Crippen LogP contribution < -0.4 is 15.4 Å². The molecule has 0 aliphatic carbocycles. The zero-order valence-corrected chi connectivity index (χ0v) is 19.6. The van der Waals surface area contributed by atoms with Gasteiger partial charge in [0.25, 0.3) is 0 Å². The molecule has 1 saturated heterocycles. The molecular formula is C21H37IN4O. The van der Waals surface area contributed by atoms with Crippen molar-refractivity contribution in [2.24, 2.45) is 10.9 Å². The second-order valence-electron chi connectivity index (χ2n) is 7.57. The van der Waals surface area contributed by atoms with Crippen LogP contribution in [0.1, 0.15) is 40.5 Å². The fourth-order valence-electron chi connectivity index (χ4n) is 3.28. The van der Waals surface area contributed by atoms with E-state index in [0.29, 0.717) is 12.6 Å². The van der Waals surface area contributed by atoms with E-state index < -0.39 is 0 Å². The van der Waals surface area contributed by atoms with Gasteiger partial charge in [0.05, 0.1) is 6.54 Å². The van der Waals surface area contributed by atoms with E-state index in [1.54, 1.807) is 0 Å². The summed E-state index contributed by atoms with van der Waals surface area (Å²) in [4.78, 5) is 7.30. The van der Waals surface area contributed by atoms with Crippen LogP contribution in [-0.2, 0) is 0 Å². The van der Waals surface area contributed by atoms with Crippen LogP contribution in [0.25, 0.3) is 0 Å². The van der Waals surface area contributed by atoms with E-state index in [1.165, 1.54) is 32.5 Å². The lowest BCUT2D eigenvalue weighted by atomic mass is 10.0. The van der Waals surface area contributed by atoms with E-state index in [1.807, 2.05) is 30.3 Å². The molecule has 0 bridgehead atoms. The minimum atomic E-state index is 0. The Kier molecular flexibility index (Phi) is 11.7. The summed E-state index contributed by atoms with van der Waals surface area (Å²) >= 11 is 0. The van der Waals surface area contributed by atoms with E-state index in [4.69, 9.17) is 9.73 Å². The average molecular weight is 488 g/mol. The highest BCUT2D eigenvalue weighted by Crippen LogP contribution is 2.13. The van der Waals surface area contributed by atoms with Crippen LogP contribution in [0, 0.1) is 5.92 Å². The molecule has 0 radical (unpaired) electrons. The molecule has 1 heterocycles. The summed E-state index contributed by atoms with van der Waals surface area (Å²) in [7, 11) is 0. The summed E-state index contributed by atoms with van der Waals surface area (Å²) < 4.78 is 5.91. The Hall–Kier alpha value is -1.02. The van der Waals surface area contributed by atoms with Gasteiger partial charge in [-0.05, 0) is 44.7 Å². The number of para-hydroxylation sites is 1. The third kappa shape index (κ3) is 9.65.